The van der Waals surface area contributed by atoms with E-state index in [-0.39, 0.29) is 31.1 Å². The molecule has 80 heavy (non-hydrogen) atoms. The first-order valence-electron chi connectivity index (χ1n) is 36.7. The van der Waals surface area contributed by atoms with Gasteiger partial charge in [0.25, 0.3) is 0 Å². The van der Waals surface area contributed by atoms with Crippen LogP contribution in [-0.4, -0.2) is 37.2 Å². The van der Waals surface area contributed by atoms with E-state index >= 15 is 0 Å². The van der Waals surface area contributed by atoms with Gasteiger partial charge in [-0.25, -0.2) is 0 Å². The molecule has 6 nitrogen and oxygen atoms in total. The van der Waals surface area contributed by atoms with Crippen LogP contribution in [0.25, 0.3) is 0 Å². The topological polar surface area (TPSA) is 78.9 Å². The molecule has 0 aromatic heterocycles. The monoisotopic (exact) mass is 1130 g/mol. The minimum absolute atomic E-state index is 0.0617. The normalized spacial score (nSPS) is 12.0. The third-order valence-corrected chi connectivity index (χ3v) is 17.0. The number of hydrogen-bond acceptors (Lipinski definition) is 6. The molecule has 0 saturated carbocycles. The van der Waals surface area contributed by atoms with Crippen molar-refractivity contribution in [3.8, 4) is 0 Å². The maximum Gasteiger partial charge on any atom is 0.306 e. The van der Waals surface area contributed by atoms with Gasteiger partial charge in [-0.1, -0.05) is 373 Å². The van der Waals surface area contributed by atoms with E-state index in [9.17, 15) is 14.4 Å². The van der Waals surface area contributed by atoms with Gasteiger partial charge < -0.3 is 14.2 Å². The Morgan fingerprint density at radius 1 is 0.237 bits per heavy atom. The molecule has 0 spiro atoms. The fraction of sp³-hybridized carbons (Fsp3) is 0.932. The second-order valence-electron chi connectivity index (χ2n) is 25.2. The van der Waals surface area contributed by atoms with E-state index in [1.165, 1.54) is 327 Å². The summed E-state index contributed by atoms with van der Waals surface area (Å²) in [5.74, 6) is -0.825. The van der Waals surface area contributed by atoms with Crippen LogP contribution in [0, 0.1) is 0 Å². The Bertz CT molecular complexity index is 1250. The number of carbonyl (C=O) groups is 3. The van der Waals surface area contributed by atoms with Crippen molar-refractivity contribution in [3.63, 3.8) is 0 Å². The van der Waals surface area contributed by atoms with Gasteiger partial charge in [-0.15, -0.1) is 0 Å². The first-order chi connectivity index (χ1) is 39.5. The predicted molar refractivity (Wildman–Crippen MR) is 349 cm³/mol. The molecule has 6 heteroatoms. The lowest BCUT2D eigenvalue weighted by Crippen LogP contribution is -2.30. The van der Waals surface area contributed by atoms with Crippen molar-refractivity contribution in [2.24, 2.45) is 0 Å². The molecule has 0 heterocycles. The zero-order chi connectivity index (χ0) is 57.8. The van der Waals surface area contributed by atoms with Gasteiger partial charge in [-0.2, -0.15) is 0 Å². The van der Waals surface area contributed by atoms with Crippen molar-refractivity contribution in [1.29, 1.82) is 0 Å². The van der Waals surface area contributed by atoms with Crippen LogP contribution in [0.5, 0.6) is 0 Å². The highest BCUT2D eigenvalue weighted by Gasteiger charge is 2.20. The summed E-state index contributed by atoms with van der Waals surface area (Å²) in [6.45, 7) is 6.72. The molecule has 0 aliphatic rings. The maximum atomic E-state index is 12.9. The number of carbonyl (C=O) groups excluding carboxylic acids is 3. The van der Waals surface area contributed by atoms with E-state index in [0.29, 0.717) is 19.3 Å². The second-order valence-corrected chi connectivity index (χ2v) is 25.2. The maximum absolute atomic E-state index is 12.9. The van der Waals surface area contributed by atoms with E-state index in [0.717, 1.165) is 57.8 Å². The lowest BCUT2D eigenvalue weighted by molar-refractivity contribution is -0.167. The highest BCUT2D eigenvalue weighted by molar-refractivity contribution is 5.71. The zero-order valence-electron chi connectivity index (χ0n) is 54.6. The summed E-state index contributed by atoms with van der Waals surface area (Å²) in [5.41, 5.74) is 0. The standard InChI is InChI=1S/C74H142O6/c1-4-7-10-13-16-19-22-25-27-29-30-31-32-33-34-35-36-37-38-39-40-41-42-43-44-46-47-49-52-55-58-61-64-67-73(76)79-70-71(69-78-72(75)66-63-60-57-54-51-24-21-18-15-12-9-6-3)80-74(77)68-65-62-59-56-53-50-48-45-28-26-23-20-17-14-11-8-5-2/h29-30,71H,4-28,31-70H2,1-3H3/b30-29-. The molecule has 0 N–H and O–H groups in total. The number of unbranched alkanes of at least 4 members (excludes halogenated alkanes) is 56. The van der Waals surface area contributed by atoms with Crippen LogP contribution in [-0.2, 0) is 28.6 Å². The Morgan fingerprint density at radius 3 is 0.625 bits per heavy atom. The summed E-state index contributed by atoms with van der Waals surface area (Å²) >= 11 is 0. The number of hydrogen-bond donors (Lipinski definition) is 0. The molecule has 0 saturated heterocycles. The van der Waals surface area contributed by atoms with Crippen LogP contribution in [0.2, 0.25) is 0 Å². The summed E-state index contributed by atoms with van der Waals surface area (Å²) in [7, 11) is 0. The van der Waals surface area contributed by atoms with Gasteiger partial charge in [0.2, 0.25) is 0 Å². The average Bonchev–Trinajstić information content (AvgIpc) is 3.46. The van der Waals surface area contributed by atoms with Crippen LogP contribution < -0.4 is 0 Å². The highest BCUT2D eigenvalue weighted by atomic mass is 16.6. The number of rotatable bonds is 69. The van der Waals surface area contributed by atoms with E-state index in [1.807, 2.05) is 0 Å². The van der Waals surface area contributed by atoms with Crippen molar-refractivity contribution in [2.75, 3.05) is 13.2 Å². The third-order valence-electron chi connectivity index (χ3n) is 17.0. The lowest BCUT2D eigenvalue weighted by atomic mass is 10.0. The number of allylic oxidation sites excluding steroid dienone is 2. The molecule has 0 aromatic carbocycles. The highest BCUT2D eigenvalue weighted by Crippen LogP contribution is 2.19. The first-order valence-corrected chi connectivity index (χ1v) is 36.7. The van der Waals surface area contributed by atoms with Gasteiger partial charge in [-0.05, 0) is 44.9 Å². The number of esters is 3. The molecule has 0 radical (unpaired) electrons. The fourth-order valence-corrected chi connectivity index (χ4v) is 11.5. The van der Waals surface area contributed by atoms with Gasteiger partial charge in [0.15, 0.2) is 6.10 Å². The average molecular weight is 1130 g/mol. The Hall–Kier alpha value is -1.85. The molecule has 0 fully saturated rings. The summed E-state index contributed by atoms with van der Waals surface area (Å²) in [5, 5.41) is 0. The molecule has 0 bridgehead atoms. The van der Waals surface area contributed by atoms with Crippen molar-refractivity contribution in [3.05, 3.63) is 12.2 Å². The van der Waals surface area contributed by atoms with Crippen molar-refractivity contribution in [1.82, 2.24) is 0 Å². The van der Waals surface area contributed by atoms with E-state index in [1.54, 1.807) is 0 Å². The Labute approximate surface area is 501 Å². The molecule has 0 aromatic rings. The molecule has 1 atom stereocenters. The SMILES string of the molecule is CCCCCCCCCC/C=C\CCCCCCCCCCCCCCCCCCCCCCCC(=O)OCC(COC(=O)CCCCCCCCCCCCCC)OC(=O)CCCCCCCCCCCCCCCCCCC. The summed E-state index contributed by atoms with van der Waals surface area (Å²) in [4.78, 5) is 38.4. The lowest BCUT2D eigenvalue weighted by Gasteiger charge is -2.18. The van der Waals surface area contributed by atoms with E-state index in [4.69, 9.17) is 14.2 Å². The van der Waals surface area contributed by atoms with Gasteiger partial charge >= 0.3 is 17.9 Å². The molecule has 474 valence electrons. The molecular weight excluding hydrogens is 985 g/mol. The van der Waals surface area contributed by atoms with Gasteiger partial charge in [0.05, 0.1) is 0 Å². The van der Waals surface area contributed by atoms with Crippen LogP contribution >= 0.6 is 0 Å². The first kappa shape index (κ1) is 78.1. The minimum atomic E-state index is -0.764. The Balaban J connectivity index is 4.05. The van der Waals surface area contributed by atoms with E-state index in [2.05, 4.69) is 32.9 Å². The molecule has 0 amide bonds. The Morgan fingerprint density at radius 2 is 0.412 bits per heavy atom. The molecule has 0 rings (SSSR count). The largest absolute Gasteiger partial charge is 0.462 e. The Kier molecular flexibility index (Phi) is 68.0. The summed E-state index contributed by atoms with van der Waals surface area (Å²) in [6.07, 6.45) is 84.1. The second kappa shape index (κ2) is 69.6. The smallest absolute Gasteiger partial charge is 0.306 e. The third kappa shape index (κ3) is 66.9. The van der Waals surface area contributed by atoms with Crippen molar-refractivity contribution in [2.45, 2.75) is 431 Å². The van der Waals surface area contributed by atoms with Crippen LogP contribution in [0.4, 0.5) is 0 Å². The quantitative estimate of drug-likeness (QED) is 0.0261. The van der Waals surface area contributed by atoms with Gasteiger partial charge in [0, 0.05) is 19.3 Å². The van der Waals surface area contributed by atoms with E-state index < -0.39 is 6.10 Å². The van der Waals surface area contributed by atoms with Crippen molar-refractivity contribution >= 4 is 17.9 Å². The van der Waals surface area contributed by atoms with Crippen LogP contribution in [0.1, 0.15) is 425 Å². The molecular formula is C74H142O6. The summed E-state index contributed by atoms with van der Waals surface area (Å²) in [6, 6.07) is 0. The number of ether oxygens (including phenoxy) is 3. The van der Waals surface area contributed by atoms with Crippen LogP contribution in [0.15, 0.2) is 12.2 Å². The van der Waals surface area contributed by atoms with Crippen LogP contribution in [0.3, 0.4) is 0 Å². The zero-order valence-corrected chi connectivity index (χ0v) is 54.6. The minimum Gasteiger partial charge on any atom is -0.462 e. The van der Waals surface area contributed by atoms with Gasteiger partial charge in [-0.3, -0.25) is 14.4 Å². The summed E-state index contributed by atoms with van der Waals surface area (Å²) < 4.78 is 17.0. The van der Waals surface area contributed by atoms with Crippen molar-refractivity contribution < 1.29 is 28.6 Å². The predicted octanol–water partition coefficient (Wildman–Crippen LogP) is 25.2. The molecule has 1 unspecified atom stereocenters. The molecule has 0 aliphatic heterocycles. The fourth-order valence-electron chi connectivity index (χ4n) is 11.5. The molecule has 0 aliphatic carbocycles. The van der Waals surface area contributed by atoms with Gasteiger partial charge in [0.1, 0.15) is 13.2 Å².